The fourth-order valence-corrected chi connectivity index (χ4v) is 1.96. The number of rotatable bonds is 2. The van der Waals surface area contributed by atoms with Gasteiger partial charge in [-0.1, -0.05) is 0 Å². The minimum absolute atomic E-state index is 0.399. The zero-order valence-corrected chi connectivity index (χ0v) is 10.1. The van der Waals surface area contributed by atoms with E-state index in [0.29, 0.717) is 19.0 Å². The van der Waals surface area contributed by atoms with Crippen LogP contribution in [-0.4, -0.2) is 34.3 Å². The maximum Gasteiger partial charge on any atom is 0.313 e. The molecule has 2 rings (SSSR count). The Balaban J connectivity index is 2.42. The minimum Gasteiger partial charge on any atom is -0.481 e. The lowest BCUT2D eigenvalue weighted by Crippen LogP contribution is -2.15. The average Bonchev–Trinajstić information content (AvgIpc) is 2.53. The summed E-state index contributed by atoms with van der Waals surface area (Å²) >= 11 is 0. The zero-order chi connectivity index (χ0) is 12.4. The second kappa shape index (κ2) is 4.79. The number of fused-ring (bicyclic) bond motifs is 1. The molecule has 0 aliphatic carbocycles. The van der Waals surface area contributed by atoms with Gasteiger partial charge in [-0.25, -0.2) is 9.97 Å². The highest BCUT2D eigenvalue weighted by molar-refractivity contribution is 5.74. The molecule has 0 saturated heterocycles. The average molecular weight is 236 g/mol. The Hall–Kier alpha value is -1.49. The monoisotopic (exact) mass is 236 g/mol. The number of nitrogens with zero attached hydrogens (tertiary/aromatic N) is 2. The van der Waals surface area contributed by atoms with Crippen LogP contribution >= 0.6 is 0 Å². The largest absolute Gasteiger partial charge is 0.481 e. The Labute approximate surface area is 99.9 Å². The number of carbonyl (C=O) groups is 1. The van der Waals surface area contributed by atoms with Gasteiger partial charge in [0.25, 0.3) is 0 Å². The molecule has 1 unspecified atom stereocenters. The molecule has 0 radical (unpaired) electrons. The molecule has 0 spiro atoms. The van der Waals surface area contributed by atoms with E-state index in [1.807, 2.05) is 6.92 Å². The quantitative estimate of drug-likeness (QED) is 0.832. The van der Waals surface area contributed by atoms with Crippen molar-refractivity contribution in [2.45, 2.75) is 32.6 Å². The topological polar surface area (TPSA) is 72.3 Å². The van der Waals surface area contributed by atoms with Gasteiger partial charge in [-0.15, -0.1) is 0 Å². The molecular weight excluding hydrogens is 220 g/mol. The molecule has 0 bridgehead atoms. The predicted octanol–water partition coefficient (Wildman–Crippen LogP) is 1.09. The smallest absolute Gasteiger partial charge is 0.313 e. The van der Waals surface area contributed by atoms with Gasteiger partial charge in [0.2, 0.25) is 0 Å². The number of carboxylic acid groups (broad SMARTS) is 1. The molecule has 1 aromatic rings. The Kier molecular flexibility index (Phi) is 3.38. The molecule has 0 saturated carbocycles. The molecule has 17 heavy (non-hydrogen) atoms. The lowest BCUT2D eigenvalue weighted by Gasteiger charge is -2.12. The molecule has 2 heterocycles. The van der Waals surface area contributed by atoms with E-state index in [-0.39, 0.29) is 0 Å². The molecule has 0 aromatic carbocycles. The third-order valence-electron chi connectivity index (χ3n) is 3.05. The summed E-state index contributed by atoms with van der Waals surface area (Å²) in [4.78, 5) is 19.6. The molecule has 92 valence electrons. The summed E-state index contributed by atoms with van der Waals surface area (Å²) in [5.74, 6) is -1.16. The molecule has 1 aromatic heterocycles. The van der Waals surface area contributed by atoms with Crippen LogP contribution in [0.4, 0.5) is 0 Å². The molecule has 1 aliphatic heterocycles. The Morgan fingerprint density at radius 2 is 2.06 bits per heavy atom. The second-order valence-corrected chi connectivity index (χ2v) is 4.26. The summed E-state index contributed by atoms with van der Waals surface area (Å²) in [6.07, 6.45) is 1.54. The normalized spacial score (nSPS) is 17.1. The van der Waals surface area contributed by atoms with Crippen LogP contribution in [0.15, 0.2) is 0 Å². The summed E-state index contributed by atoms with van der Waals surface area (Å²) in [6.45, 7) is 4.84. The van der Waals surface area contributed by atoms with Crippen molar-refractivity contribution in [2.24, 2.45) is 0 Å². The number of carboxylic acids is 1. The SMILES string of the molecule is Cc1nc(C(C)C(=O)O)nc2c1CCOCC2. The van der Waals surface area contributed by atoms with Gasteiger partial charge in [-0.3, -0.25) is 4.79 Å². The van der Waals surface area contributed by atoms with E-state index in [0.717, 1.165) is 29.8 Å². The van der Waals surface area contributed by atoms with Crippen LogP contribution in [0.5, 0.6) is 0 Å². The number of aryl methyl sites for hydroxylation is 1. The van der Waals surface area contributed by atoms with Crippen molar-refractivity contribution in [3.8, 4) is 0 Å². The first kappa shape index (κ1) is 12.0. The van der Waals surface area contributed by atoms with Gasteiger partial charge >= 0.3 is 5.97 Å². The van der Waals surface area contributed by atoms with Gasteiger partial charge in [0.05, 0.1) is 13.2 Å². The molecule has 5 nitrogen and oxygen atoms in total. The summed E-state index contributed by atoms with van der Waals surface area (Å²) in [5, 5.41) is 8.98. The lowest BCUT2D eigenvalue weighted by atomic mass is 10.1. The molecule has 0 amide bonds. The van der Waals surface area contributed by atoms with Gasteiger partial charge in [0.15, 0.2) is 0 Å². The van der Waals surface area contributed by atoms with Crippen LogP contribution in [-0.2, 0) is 22.4 Å². The zero-order valence-electron chi connectivity index (χ0n) is 10.1. The van der Waals surface area contributed by atoms with Crippen LogP contribution in [0.3, 0.4) is 0 Å². The van der Waals surface area contributed by atoms with E-state index >= 15 is 0 Å². The predicted molar refractivity (Wildman–Crippen MR) is 61.0 cm³/mol. The highest BCUT2D eigenvalue weighted by Crippen LogP contribution is 2.19. The number of aliphatic carboxylic acids is 1. The van der Waals surface area contributed by atoms with Gasteiger partial charge in [0.1, 0.15) is 11.7 Å². The van der Waals surface area contributed by atoms with Crippen molar-refractivity contribution < 1.29 is 14.6 Å². The van der Waals surface area contributed by atoms with Gasteiger partial charge in [-0.05, 0) is 25.8 Å². The molecule has 1 aliphatic rings. The van der Waals surface area contributed by atoms with Crippen LogP contribution in [0.1, 0.15) is 35.6 Å². The lowest BCUT2D eigenvalue weighted by molar-refractivity contribution is -0.138. The summed E-state index contributed by atoms with van der Waals surface area (Å²) in [5.41, 5.74) is 2.94. The number of hydrogen-bond donors (Lipinski definition) is 1. The Morgan fingerprint density at radius 1 is 1.35 bits per heavy atom. The molecule has 1 atom stereocenters. The summed E-state index contributed by atoms with van der Waals surface area (Å²) in [6, 6.07) is 0. The van der Waals surface area contributed by atoms with Crippen molar-refractivity contribution in [3.63, 3.8) is 0 Å². The molecule has 1 N–H and O–H groups in total. The first-order valence-corrected chi connectivity index (χ1v) is 5.76. The fourth-order valence-electron chi connectivity index (χ4n) is 1.96. The fraction of sp³-hybridized carbons (Fsp3) is 0.583. The maximum atomic E-state index is 10.9. The third-order valence-corrected chi connectivity index (χ3v) is 3.05. The van der Waals surface area contributed by atoms with Crippen LogP contribution in [0.25, 0.3) is 0 Å². The summed E-state index contributed by atoms with van der Waals surface area (Å²) < 4.78 is 5.40. The van der Waals surface area contributed by atoms with Crippen LogP contribution < -0.4 is 0 Å². The van der Waals surface area contributed by atoms with Crippen molar-refractivity contribution >= 4 is 5.97 Å². The summed E-state index contributed by atoms with van der Waals surface area (Å²) in [7, 11) is 0. The Bertz CT molecular complexity index is 446. The highest BCUT2D eigenvalue weighted by atomic mass is 16.5. The van der Waals surface area contributed by atoms with Crippen molar-refractivity contribution in [1.82, 2.24) is 9.97 Å². The number of hydrogen-bond acceptors (Lipinski definition) is 4. The van der Waals surface area contributed by atoms with Gasteiger partial charge < -0.3 is 9.84 Å². The highest BCUT2D eigenvalue weighted by Gasteiger charge is 2.21. The van der Waals surface area contributed by atoms with E-state index in [4.69, 9.17) is 9.84 Å². The molecule has 5 heteroatoms. The van der Waals surface area contributed by atoms with Crippen molar-refractivity contribution in [2.75, 3.05) is 13.2 Å². The van der Waals surface area contributed by atoms with Gasteiger partial charge in [-0.2, -0.15) is 0 Å². The first-order chi connectivity index (χ1) is 8.09. The van der Waals surface area contributed by atoms with E-state index < -0.39 is 11.9 Å². The third kappa shape index (κ3) is 2.44. The standard InChI is InChI=1S/C12H16N2O3/c1-7(12(15)16)11-13-8(2)9-3-5-17-6-4-10(9)14-11/h7H,3-6H2,1-2H3,(H,15,16). The van der Waals surface area contributed by atoms with E-state index in [2.05, 4.69) is 9.97 Å². The molecular formula is C12H16N2O3. The molecule has 0 fully saturated rings. The minimum atomic E-state index is -0.894. The number of ether oxygens (including phenoxy) is 1. The van der Waals surface area contributed by atoms with E-state index in [1.54, 1.807) is 6.92 Å². The maximum absolute atomic E-state index is 10.9. The van der Waals surface area contributed by atoms with Crippen molar-refractivity contribution in [1.29, 1.82) is 0 Å². The number of aromatic nitrogens is 2. The Morgan fingerprint density at radius 3 is 2.76 bits per heavy atom. The van der Waals surface area contributed by atoms with Crippen LogP contribution in [0, 0.1) is 6.92 Å². The van der Waals surface area contributed by atoms with E-state index in [1.165, 1.54) is 0 Å². The van der Waals surface area contributed by atoms with Crippen molar-refractivity contribution in [3.05, 3.63) is 22.8 Å². The van der Waals surface area contributed by atoms with Crippen LogP contribution in [0.2, 0.25) is 0 Å². The van der Waals surface area contributed by atoms with E-state index in [9.17, 15) is 4.79 Å². The van der Waals surface area contributed by atoms with Gasteiger partial charge in [0, 0.05) is 17.8 Å². The first-order valence-electron chi connectivity index (χ1n) is 5.76. The second-order valence-electron chi connectivity index (χ2n) is 4.26.